The van der Waals surface area contributed by atoms with Gasteiger partial charge in [-0.2, -0.15) is 0 Å². The summed E-state index contributed by atoms with van der Waals surface area (Å²) in [7, 11) is 0. The molecule has 2 aliphatic heterocycles. The van der Waals surface area contributed by atoms with Crippen molar-refractivity contribution in [2.75, 3.05) is 19.6 Å². The van der Waals surface area contributed by atoms with Gasteiger partial charge in [-0.1, -0.05) is 6.07 Å². The van der Waals surface area contributed by atoms with Crippen LogP contribution in [0.1, 0.15) is 29.6 Å². The maximum Gasteiger partial charge on any atom is 0.255 e. The average Bonchev–Trinajstić information content (AvgIpc) is 3.08. The number of hydrogen-bond acceptors (Lipinski definition) is 5. The molecule has 2 fully saturated rings. The van der Waals surface area contributed by atoms with E-state index in [1.807, 2.05) is 18.2 Å². The lowest BCUT2D eigenvalue weighted by Crippen LogP contribution is -2.62. The second-order valence-corrected chi connectivity index (χ2v) is 7.41. The fourth-order valence-electron chi connectivity index (χ4n) is 3.84. The third-order valence-electron chi connectivity index (χ3n) is 5.19. The van der Waals surface area contributed by atoms with Gasteiger partial charge in [0.25, 0.3) is 5.91 Å². The molecule has 1 aromatic heterocycles. The SMILES string of the molecule is O=C(c1cccc2ncsc12)N1CC[C@H](O)[C@@]2(CCCNC2=O)C1. The summed E-state index contributed by atoms with van der Waals surface area (Å²) in [6, 6.07) is 5.53. The minimum Gasteiger partial charge on any atom is -0.392 e. The van der Waals surface area contributed by atoms with Crippen molar-refractivity contribution in [3.8, 4) is 0 Å². The number of likely N-dealkylation sites (tertiary alicyclic amines) is 1. The Balaban J connectivity index is 1.66. The molecule has 6 nitrogen and oxygen atoms in total. The highest BCUT2D eigenvalue weighted by Crippen LogP contribution is 2.38. The second kappa shape index (κ2) is 5.82. The number of nitrogens with one attached hydrogen (secondary N) is 1. The standard InChI is InChI=1S/C17H19N3O3S/c21-13-5-8-20(9-17(13)6-2-7-18-16(17)23)15(22)11-3-1-4-12-14(11)24-10-19-12/h1,3-4,10,13,21H,2,5-9H2,(H,18,23)/t13-,17+/m0/s1. The summed E-state index contributed by atoms with van der Waals surface area (Å²) in [5.74, 6) is -0.218. The zero-order chi connectivity index (χ0) is 16.7. The van der Waals surface area contributed by atoms with Crippen molar-refractivity contribution in [3.05, 3.63) is 29.3 Å². The van der Waals surface area contributed by atoms with Gasteiger partial charge in [-0.3, -0.25) is 9.59 Å². The third-order valence-corrected chi connectivity index (χ3v) is 6.07. The summed E-state index contributed by atoms with van der Waals surface area (Å²) in [5.41, 5.74) is 2.30. The maximum atomic E-state index is 13.0. The van der Waals surface area contributed by atoms with Gasteiger partial charge >= 0.3 is 0 Å². The molecule has 2 amide bonds. The summed E-state index contributed by atoms with van der Waals surface area (Å²) >= 11 is 1.45. The number of rotatable bonds is 1. The third kappa shape index (κ3) is 2.31. The van der Waals surface area contributed by atoms with Crippen LogP contribution in [0.3, 0.4) is 0 Å². The van der Waals surface area contributed by atoms with Crippen molar-refractivity contribution in [3.63, 3.8) is 0 Å². The molecule has 2 saturated heterocycles. The summed E-state index contributed by atoms with van der Waals surface area (Å²) < 4.78 is 0.871. The quantitative estimate of drug-likeness (QED) is 0.818. The minimum absolute atomic E-state index is 0.0884. The van der Waals surface area contributed by atoms with Crippen LogP contribution < -0.4 is 5.32 Å². The van der Waals surface area contributed by atoms with E-state index in [9.17, 15) is 14.7 Å². The first-order valence-corrected chi connectivity index (χ1v) is 9.08. The Kier molecular flexibility index (Phi) is 3.77. The van der Waals surface area contributed by atoms with Gasteiger partial charge in [0.2, 0.25) is 5.91 Å². The number of aromatic nitrogens is 1. The molecule has 0 aliphatic carbocycles. The lowest BCUT2D eigenvalue weighted by atomic mass is 9.71. The smallest absolute Gasteiger partial charge is 0.255 e. The van der Waals surface area contributed by atoms with Crippen LogP contribution in [0.15, 0.2) is 23.7 Å². The molecule has 1 aromatic carbocycles. The fraction of sp³-hybridized carbons (Fsp3) is 0.471. The Hall–Kier alpha value is -1.99. The highest BCUT2D eigenvalue weighted by Gasteiger charge is 2.50. The first-order chi connectivity index (χ1) is 11.6. The summed E-state index contributed by atoms with van der Waals surface area (Å²) in [5, 5.41) is 13.3. The van der Waals surface area contributed by atoms with Crippen molar-refractivity contribution in [2.45, 2.75) is 25.4 Å². The van der Waals surface area contributed by atoms with E-state index in [4.69, 9.17) is 0 Å². The van der Waals surface area contributed by atoms with E-state index in [0.29, 0.717) is 31.5 Å². The molecular weight excluding hydrogens is 326 g/mol. The molecule has 1 spiro atoms. The van der Waals surface area contributed by atoms with Crippen LogP contribution in [0, 0.1) is 5.41 Å². The van der Waals surface area contributed by atoms with E-state index in [1.54, 1.807) is 10.4 Å². The molecule has 3 heterocycles. The summed E-state index contributed by atoms with van der Waals surface area (Å²) in [6.07, 6.45) is 1.18. The van der Waals surface area contributed by atoms with Gasteiger partial charge in [0.15, 0.2) is 0 Å². The zero-order valence-electron chi connectivity index (χ0n) is 13.2. The maximum absolute atomic E-state index is 13.0. The molecule has 2 aliphatic rings. The molecule has 0 unspecified atom stereocenters. The number of amides is 2. The zero-order valence-corrected chi connectivity index (χ0v) is 14.0. The molecule has 2 atom stereocenters. The van der Waals surface area contributed by atoms with Crippen LogP contribution in [0.4, 0.5) is 0 Å². The van der Waals surface area contributed by atoms with Gasteiger partial charge in [0, 0.05) is 19.6 Å². The van der Waals surface area contributed by atoms with E-state index in [-0.39, 0.29) is 18.4 Å². The Morgan fingerprint density at radius 3 is 3.17 bits per heavy atom. The van der Waals surface area contributed by atoms with Crippen LogP contribution in [-0.2, 0) is 4.79 Å². The van der Waals surface area contributed by atoms with Gasteiger partial charge in [0.05, 0.1) is 32.8 Å². The van der Waals surface area contributed by atoms with E-state index < -0.39 is 11.5 Å². The molecule has 126 valence electrons. The first kappa shape index (κ1) is 15.5. The van der Waals surface area contributed by atoms with Crippen LogP contribution in [-0.4, -0.2) is 52.5 Å². The van der Waals surface area contributed by atoms with Gasteiger partial charge in [0.1, 0.15) is 0 Å². The topological polar surface area (TPSA) is 82.5 Å². The number of aliphatic hydroxyl groups is 1. The number of fused-ring (bicyclic) bond motifs is 1. The minimum atomic E-state index is -0.867. The number of carbonyl (C=O) groups is 2. The average molecular weight is 345 g/mol. The number of benzene rings is 1. The lowest BCUT2D eigenvalue weighted by Gasteiger charge is -2.46. The van der Waals surface area contributed by atoms with Gasteiger partial charge in [-0.15, -0.1) is 11.3 Å². The Labute approximate surface area is 143 Å². The monoisotopic (exact) mass is 345 g/mol. The van der Waals surface area contributed by atoms with E-state index in [2.05, 4.69) is 10.3 Å². The molecule has 0 radical (unpaired) electrons. The largest absolute Gasteiger partial charge is 0.392 e. The van der Waals surface area contributed by atoms with E-state index >= 15 is 0 Å². The Bertz CT molecular complexity index is 805. The van der Waals surface area contributed by atoms with Crippen molar-refractivity contribution in [2.24, 2.45) is 5.41 Å². The van der Waals surface area contributed by atoms with Crippen molar-refractivity contribution < 1.29 is 14.7 Å². The Morgan fingerprint density at radius 1 is 1.46 bits per heavy atom. The van der Waals surface area contributed by atoms with Crippen LogP contribution in [0.5, 0.6) is 0 Å². The van der Waals surface area contributed by atoms with Crippen molar-refractivity contribution in [1.82, 2.24) is 15.2 Å². The van der Waals surface area contributed by atoms with Gasteiger partial charge < -0.3 is 15.3 Å². The highest BCUT2D eigenvalue weighted by atomic mass is 32.1. The first-order valence-electron chi connectivity index (χ1n) is 8.20. The predicted octanol–water partition coefficient (Wildman–Crippen LogP) is 1.40. The van der Waals surface area contributed by atoms with Gasteiger partial charge in [-0.05, 0) is 31.4 Å². The number of aliphatic hydroxyl groups excluding tert-OH is 1. The molecule has 24 heavy (non-hydrogen) atoms. The molecule has 0 bridgehead atoms. The number of piperidine rings is 2. The van der Waals surface area contributed by atoms with Crippen molar-refractivity contribution in [1.29, 1.82) is 0 Å². The van der Waals surface area contributed by atoms with Crippen LogP contribution >= 0.6 is 11.3 Å². The number of hydrogen-bond donors (Lipinski definition) is 2. The van der Waals surface area contributed by atoms with E-state index in [0.717, 1.165) is 16.6 Å². The number of nitrogens with zero attached hydrogens (tertiary/aromatic N) is 2. The molecule has 2 aromatic rings. The molecule has 7 heteroatoms. The molecule has 0 saturated carbocycles. The predicted molar refractivity (Wildman–Crippen MR) is 90.8 cm³/mol. The van der Waals surface area contributed by atoms with Crippen LogP contribution in [0.25, 0.3) is 10.2 Å². The fourth-order valence-corrected chi connectivity index (χ4v) is 4.64. The highest BCUT2D eigenvalue weighted by molar-refractivity contribution is 7.17. The summed E-state index contributed by atoms with van der Waals surface area (Å²) in [6.45, 7) is 1.37. The molecule has 4 rings (SSSR count). The van der Waals surface area contributed by atoms with Crippen LogP contribution in [0.2, 0.25) is 0 Å². The number of carbonyl (C=O) groups excluding carboxylic acids is 2. The van der Waals surface area contributed by atoms with Gasteiger partial charge in [-0.25, -0.2) is 4.98 Å². The van der Waals surface area contributed by atoms with Crippen molar-refractivity contribution >= 4 is 33.4 Å². The lowest BCUT2D eigenvalue weighted by molar-refractivity contribution is -0.147. The normalized spacial score (nSPS) is 27.5. The molecule has 2 N–H and O–H groups in total. The molecular formula is C17H19N3O3S. The Morgan fingerprint density at radius 2 is 2.33 bits per heavy atom. The van der Waals surface area contributed by atoms with E-state index in [1.165, 1.54) is 11.3 Å². The second-order valence-electron chi connectivity index (χ2n) is 6.55. The summed E-state index contributed by atoms with van der Waals surface area (Å²) in [4.78, 5) is 31.5. The number of thiazole rings is 1.